The molecule has 1 spiro atoms. The van der Waals surface area contributed by atoms with Crippen molar-refractivity contribution in [1.29, 1.82) is 0 Å². The molecule has 0 fully saturated rings. The molecule has 0 bridgehead atoms. The first-order valence-corrected chi connectivity index (χ1v) is 25.4. The van der Waals surface area contributed by atoms with Crippen LogP contribution in [0.15, 0.2) is 267 Å². The van der Waals surface area contributed by atoms with Gasteiger partial charge in [-0.05, 0) is 147 Å². The number of hydrogen-bond donors (Lipinski definition) is 0. The van der Waals surface area contributed by atoms with Crippen LogP contribution in [0.1, 0.15) is 22.3 Å². The van der Waals surface area contributed by atoms with Gasteiger partial charge in [0.25, 0.3) is 0 Å². The Morgan fingerprint density at radius 2 is 0.712 bits per heavy atom. The summed E-state index contributed by atoms with van der Waals surface area (Å²) in [4.78, 5) is 2.55. The van der Waals surface area contributed by atoms with E-state index in [1.807, 2.05) is 0 Å². The molecule has 14 aromatic rings. The van der Waals surface area contributed by atoms with Crippen molar-refractivity contribution in [3.05, 3.63) is 289 Å². The minimum atomic E-state index is -0.546. The highest BCUT2D eigenvalue weighted by Crippen LogP contribution is 2.64. The van der Waals surface area contributed by atoms with Crippen molar-refractivity contribution in [3.63, 3.8) is 0 Å². The molecule has 0 saturated carbocycles. The second-order valence-electron chi connectivity index (χ2n) is 19.9. The zero-order valence-corrected chi connectivity index (χ0v) is 39.8. The van der Waals surface area contributed by atoms with Gasteiger partial charge in [0.15, 0.2) is 0 Å². The van der Waals surface area contributed by atoms with Gasteiger partial charge in [-0.25, -0.2) is 0 Å². The number of rotatable bonds is 5. The molecule has 73 heavy (non-hydrogen) atoms. The number of nitrogens with zero attached hydrogens (tertiary/aromatic N) is 2. The van der Waals surface area contributed by atoms with E-state index >= 15 is 0 Å². The Hall–Kier alpha value is -9.50. The van der Waals surface area contributed by atoms with Gasteiger partial charge < -0.3 is 9.47 Å². The average molecular weight is 925 g/mol. The molecule has 2 aliphatic carbocycles. The third-order valence-corrected chi connectivity index (χ3v) is 16.4. The number of anilines is 3. The van der Waals surface area contributed by atoms with Gasteiger partial charge in [-0.3, -0.25) is 0 Å². The summed E-state index contributed by atoms with van der Waals surface area (Å²) in [5, 5.41) is 12.5. The van der Waals surface area contributed by atoms with Crippen molar-refractivity contribution in [2.75, 3.05) is 4.90 Å². The van der Waals surface area contributed by atoms with Crippen LogP contribution in [0.3, 0.4) is 0 Å². The highest BCUT2D eigenvalue weighted by molar-refractivity contribution is 6.26. The van der Waals surface area contributed by atoms with Crippen LogP contribution < -0.4 is 4.90 Å². The molecule has 0 amide bonds. The van der Waals surface area contributed by atoms with E-state index in [1.165, 1.54) is 121 Å². The molecule has 1 aromatic heterocycles. The van der Waals surface area contributed by atoms with Crippen molar-refractivity contribution < 1.29 is 0 Å². The first-order valence-electron chi connectivity index (χ1n) is 25.4. The molecule has 2 heteroatoms. The van der Waals surface area contributed by atoms with Gasteiger partial charge in [-0.15, -0.1) is 0 Å². The second-order valence-corrected chi connectivity index (χ2v) is 19.9. The number of fused-ring (bicyclic) bond motifs is 20. The highest BCUT2D eigenvalue weighted by Gasteiger charge is 2.52. The van der Waals surface area contributed by atoms with Crippen LogP contribution in [0.4, 0.5) is 17.1 Å². The van der Waals surface area contributed by atoms with E-state index in [0.717, 1.165) is 22.7 Å². The monoisotopic (exact) mass is 924 g/mol. The van der Waals surface area contributed by atoms with Crippen molar-refractivity contribution >= 4 is 82.0 Å². The van der Waals surface area contributed by atoms with Gasteiger partial charge in [0.2, 0.25) is 0 Å². The Balaban J connectivity index is 1.05. The molecule has 2 nitrogen and oxygen atoms in total. The molecule has 0 atom stereocenters. The van der Waals surface area contributed by atoms with Crippen LogP contribution in [0.25, 0.3) is 104 Å². The molecule has 16 rings (SSSR count). The van der Waals surface area contributed by atoms with Crippen molar-refractivity contribution in [2.45, 2.75) is 5.41 Å². The summed E-state index contributed by atoms with van der Waals surface area (Å²) >= 11 is 0. The summed E-state index contributed by atoms with van der Waals surface area (Å²) in [6.07, 6.45) is 0. The van der Waals surface area contributed by atoms with E-state index in [-0.39, 0.29) is 0 Å². The Morgan fingerprint density at radius 3 is 1.32 bits per heavy atom. The first kappa shape index (κ1) is 40.3. The molecule has 0 radical (unpaired) electrons. The Kier molecular flexibility index (Phi) is 8.41. The lowest BCUT2D eigenvalue weighted by Crippen LogP contribution is -2.26. The van der Waals surface area contributed by atoms with Crippen LogP contribution in [-0.2, 0) is 5.41 Å². The zero-order valence-electron chi connectivity index (χ0n) is 39.8. The lowest BCUT2D eigenvalue weighted by atomic mass is 9.70. The molecule has 2 aliphatic rings. The van der Waals surface area contributed by atoms with Crippen LogP contribution in [0.5, 0.6) is 0 Å². The molecule has 1 heterocycles. The maximum atomic E-state index is 2.58. The SMILES string of the molecule is c1ccc2c(c1)-c1ccccc1C21c2ccccc2-c2cc(-n3c4ccccc4c4ccccc43)c(N(c3ccc(-c4cccc5ccccc45)cc3)c3ccc4c5ccccc5c5ccccc5c4c3)cc21. The number of hydrogen-bond acceptors (Lipinski definition) is 1. The molecule has 338 valence electrons. The van der Waals surface area contributed by atoms with Gasteiger partial charge in [0, 0.05) is 22.1 Å². The van der Waals surface area contributed by atoms with E-state index < -0.39 is 5.41 Å². The Labute approximate surface area is 422 Å². The molecule has 0 saturated heterocycles. The quantitative estimate of drug-likeness (QED) is 0.156. The lowest BCUT2D eigenvalue weighted by Gasteiger charge is -2.33. The summed E-state index contributed by atoms with van der Waals surface area (Å²) in [5.74, 6) is 0. The maximum Gasteiger partial charge on any atom is 0.0726 e. The fraction of sp³-hybridized carbons (Fsp3) is 0.0141. The normalized spacial score (nSPS) is 13.0. The molecule has 0 N–H and O–H groups in total. The second kappa shape index (κ2) is 15.3. The summed E-state index contributed by atoms with van der Waals surface area (Å²) in [5.41, 5.74) is 19.0. The van der Waals surface area contributed by atoms with Gasteiger partial charge in [-0.1, -0.05) is 218 Å². The summed E-state index contributed by atoms with van der Waals surface area (Å²) in [6, 6.07) is 100. The van der Waals surface area contributed by atoms with Crippen LogP contribution in [-0.4, -0.2) is 4.57 Å². The third kappa shape index (κ3) is 5.52. The van der Waals surface area contributed by atoms with Gasteiger partial charge >= 0.3 is 0 Å². The number of para-hydroxylation sites is 2. The van der Waals surface area contributed by atoms with Gasteiger partial charge in [0.05, 0.1) is 27.8 Å². The Morgan fingerprint density at radius 1 is 0.274 bits per heavy atom. The number of aromatic nitrogens is 1. The highest BCUT2D eigenvalue weighted by atomic mass is 15.2. The Bertz CT molecular complexity index is 4490. The van der Waals surface area contributed by atoms with Gasteiger partial charge in [0.1, 0.15) is 0 Å². The smallest absolute Gasteiger partial charge is 0.0726 e. The minimum Gasteiger partial charge on any atom is -0.308 e. The van der Waals surface area contributed by atoms with E-state index in [2.05, 4.69) is 276 Å². The third-order valence-electron chi connectivity index (χ3n) is 16.4. The summed E-state index contributed by atoms with van der Waals surface area (Å²) in [7, 11) is 0. The molecule has 0 unspecified atom stereocenters. The minimum absolute atomic E-state index is 0.546. The van der Waals surface area contributed by atoms with Crippen LogP contribution in [0, 0.1) is 0 Å². The van der Waals surface area contributed by atoms with Crippen molar-refractivity contribution in [1.82, 2.24) is 4.57 Å². The predicted octanol–water partition coefficient (Wildman–Crippen LogP) is 18.9. The maximum absolute atomic E-state index is 2.58. The van der Waals surface area contributed by atoms with Crippen molar-refractivity contribution in [3.8, 4) is 39.1 Å². The van der Waals surface area contributed by atoms with Crippen LogP contribution in [0.2, 0.25) is 0 Å². The fourth-order valence-electron chi connectivity index (χ4n) is 13.4. The topological polar surface area (TPSA) is 8.17 Å². The van der Waals surface area contributed by atoms with E-state index in [9.17, 15) is 0 Å². The molecular formula is C71H44N2. The van der Waals surface area contributed by atoms with E-state index in [0.29, 0.717) is 0 Å². The molecule has 0 aliphatic heterocycles. The molecular weight excluding hydrogens is 881 g/mol. The fourth-order valence-corrected chi connectivity index (χ4v) is 13.4. The summed E-state index contributed by atoms with van der Waals surface area (Å²) < 4.78 is 2.53. The first-order chi connectivity index (χ1) is 36.2. The van der Waals surface area contributed by atoms with Crippen LogP contribution >= 0.6 is 0 Å². The zero-order chi connectivity index (χ0) is 47.8. The largest absolute Gasteiger partial charge is 0.308 e. The standard InChI is InChI=1S/C71H44N2/c1-2-20-49-45(18-1)19-17-30-50(49)46-36-38-47(39-37-46)72(48-40-41-55-53-23-4-3-21-51(53)52-22-5-6-24-54(52)61(55)42-48)70-44-66-62(43-69(70)73-67-34-15-10-28-59(67)60-29-11-16-35-68(60)73)58-27-9-14-33-65(58)71(66)63-31-12-7-25-56(63)57-26-8-13-32-64(57)71/h1-44H. The van der Waals surface area contributed by atoms with E-state index in [1.54, 1.807) is 0 Å². The lowest BCUT2D eigenvalue weighted by molar-refractivity contribution is 0.793. The predicted molar refractivity (Wildman–Crippen MR) is 307 cm³/mol. The average Bonchev–Trinajstić information content (AvgIpc) is 4.09. The van der Waals surface area contributed by atoms with Crippen molar-refractivity contribution in [2.24, 2.45) is 0 Å². The van der Waals surface area contributed by atoms with Gasteiger partial charge in [-0.2, -0.15) is 0 Å². The number of benzene rings is 13. The van der Waals surface area contributed by atoms with E-state index in [4.69, 9.17) is 0 Å². The molecule has 13 aromatic carbocycles. The summed E-state index contributed by atoms with van der Waals surface area (Å²) in [6.45, 7) is 0.